The second-order valence-electron chi connectivity index (χ2n) is 5.04. The van der Waals surface area contributed by atoms with Gasteiger partial charge in [-0.3, -0.25) is 0 Å². The van der Waals surface area contributed by atoms with Crippen molar-refractivity contribution in [1.29, 1.82) is 0 Å². The van der Waals surface area contributed by atoms with Gasteiger partial charge in [-0.1, -0.05) is 24.3 Å². The number of aromatic carboxylic acids is 1. The van der Waals surface area contributed by atoms with Gasteiger partial charge in [-0.25, -0.2) is 4.79 Å². The number of fused-ring (bicyclic) bond motifs is 1. The van der Waals surface area contributed by atoms with Crippen molar-refractivity contribution in [3.8, 4) is 5.75 Å². The molecule has 0 amide bonds. The third-order valence-corrected chi connectivity index (χ3v) is 3.71. The molecule has 2 aromatic carbocycles. The van der Waals surface area contributed by atoms with Crippen molar-refractivity contribution in [2.24, 2.45) is 0 Å². The molecule has 102 valence electrons. The Hall–Kier alpha value is -2.29. The second-order valence-corrected chi connectivity index (χ2v) is 5.04. The lowest BCUT2D eigenvalue weighted by Gasteiger charge is -2.10. The van der Waals surface area contributed by atoms with E-state index >= 15 is 0 Å². The van der Waals surface area contributed by atoms with Gasteiger partial charge >= 0.3 is 5.97 Å². The number of rotatable bonds is 4. The molecule has 0 radical (unpaired) electrons. The van der Waals surface area contributed by atoms with Gasteiger partial charge in [0.1, 0.15) is 12.4 Å². The molecule has 0 bridgehead atoms. The number of benzene rings is 2. The molecule has 0 unspecified atom stereocenters. The Balaban J connectivity index is 1.75. The number of hydrogen-bond acceptors (Lipinski definition) is 2. The molecule has 0 heterocycles. The summed E-state index contributed by atoms with van der Waals surface area (Å²) in [5.74, 6) is -0.107. The van der Waals surface area contributed by atoms with Crippen LogP contribution in [0.2, 0.25) is 0 Å². The van der Waals surface area contributed by atoms with Crippen molar-refractivity contribution >= 4 is 5.97 Å². The molecule has 3 heteroatoms. The van der Waals surface area contributed by atoms with E-state index in [0.29, 0.717) is 11.1 Å². The van der Waals surface area contributed by atoms with Crippen LogP contribution in [-0.2, 0) is 19.4 Å². The van der Waals surface area contributed by atoms with Crippen LogP contribution in [0.15, 0.2) is 42.5 Å². The SMILES string of the molecule is O=C(O)c1ccccc1COc1ccc2c(c1)CCC2. The average molecular weight is 268 g/mol. The van der Waals surface area contributed by atoms with Crippen molar-refractivity contribution in [2.45, 2.75) is 25.9 Å². The van der Waals surface area contributed by atoms with Crippen LogP contribution in [-0.4, -0.2) is 11.1 Å². The number of ether oxygens (including phenoxy) is 1. The van der Waals surface area contributed by atoms with Crippen LogP contribution in [0.4, 0.5) is 0 Å². The van der Waals surface area contributed by atoms with E-state index in [4.69, 9.17) is 9.84 Å². The number of aryl methyl sites for hydroxylation is 2. The van der Waals surface area contributed by atoms with Gasteiger partial charge in [0.25, 0.3) is 0 Å². The predicted octanol–water partition coefficient (Wildman–Crippen LogP) is 3.45. The molecule has 20 heavy (non-hydrogen) atoms. The zero-order chi connectivity index (χ0) is 13.9. The van der Waals surface area contributed by atoms with Crippen LogP contribution in [0, 0.1) is 0 Å². The van der Waals surface area contributed by atoms with E-state index in [9.17, 15) is 4.79 Å². The molecule has 0 aromatic heterocycles. The molecule has 3 rings (SSSR count). The van der Waals surface area contributed by atoms with Crippen molar-refractivity contribution in [1.82, 2.24) is 0 Å². The fraction of sp³-hybridized carbons (Fsp3) is 0.235. The Morgan fingerprint density at radius 2 is 1.90 bits per heavy atom. The van der Waals surface area contributed by atoms with Crippen LogP contribution >= 0.6 is 0 Å². The number of carbonyl (C=O) groups is 1. The highest BCUT2D eigenvalue weighted by Gasteiger charge is 2.12. The summed E-state index contributed by atoms with van der Waals surface area (Å²) >= 11 is 0. The summed E-state index contributed by atoms with van der Waals surface area (Å²) in [7, 11) is 0. The van der Waals surface area contributed by atoms with Gasteiger partial charge < -0.3 is 9.84 Å². The van der Waals surface area contributed by atoms with Gasteiger partial charge in [0.2, 0.25) is 0 Å². The zero-order valence-electron chi connectivity index (χ0n) is 11.1. The summed E-state index contributed by atoms with van der Waals surface area (Å²) in [5.41, 5.74) is 3.76. The first-order chi connectivity index (χ1) is 9.74. The van der Waals surface area contributed by atoms with Crippen molar-refractivity contribution < 1.29 is 14.6 Å². The normalized spacial score (nSPS) is 13.0. The highest BCUT2D eigenvalue weighted by atomic mass is 16.5. The minimum atomic E-state index is -0.918. The summed E-state index contributed by atoms with van der Waals surface area (Å²) in [5, 5.41) is 9.13. The standard InChI is InChI=1S/C17H16O3/c18-17(19)16-7-2-1-4-14(16)11-20-15-9-8-12-5-3-6-13(12)10-15/h1-2,4,7-10H,3,5-6,11H2,(H,18,19). The van der Waals surface area contributed by atoms with Crippen LogP contribution in [0.1, 0.15) is 33.5 Å². The Bertz CT molecular complexity index is 646. The number of hydrogen-bond donors (Lipinski definition) is 1. The minimum Gasteiger partial charge on any atom is -0.489 e. The van der Waals surface area contributed by atoms with E-state index in [1.807, 2.05) is 12.1 Å². The van der Waals surface area contributed by atoms with Crippen LogP contribution < -0.4 is 4.74 Å². The predicted molar refractivity (Wildman–Crippen MR) is 76.2 cm³/mol. The lowest BCUT2D eigenvalue weighted by Crippen LogP contribution is -2.05. The Morgan fingerprint density at radius 1 is 1.10 bits per heavy atom. The molecule has 0 aliphatic heterocycles. The first-order valence-corrected chi connectivity index (χ1v) is 6.80. The summed E-state index contributed by atoms with van der Waals surface area (Å²) < 4.78 is 5.74. The maximum absolute atomic E-state index is 11.1. The van der Waals surface area contributed by atoms with E-state index in [-0.39, 0.29) is 6.61 Å². The molecule has 2 aromatic rings. The lowest BCUT2D eigenvalue weighted by molar-refractivity contribution is 0.0694. The molecule has 1 aliphatic carbocycles. The van der Waals surface area contributed by atoms with Gasteiger partial charge in [-0.05, 0) is 48.6 Å². The molecule has 0 spiro atoms. The molecular formula is C17H16O3. The van der Waals surface area contributed by atoms with Crippen LogP contribution in [0.5, 0.6) is 5.75 Å². The smallest absolute Gasteiger partial charge is 0.336 e. The van der Waals surface area contributed by atoms with E-state index in [2.05, 4.69) is 12.1 Å². The topological polar surface area (TPSA) is 46.5 Å². The average Bonchev–Trinajstić information content (AvgIpc) is 2.92. The van der Waals surface area contributed by atoms with Gasteiger partial charge in [0.05, 0.1) is 5.56 Å². The van der Waals surface area contributed by atoms with E-state index in [1.165, 1.54) is 17.5 Å². The van der Waals surface area contributed by atoms with E-state index < -0.39 is 5.97 Å². The summed E-state index contributed by atoms with van der Waals surface area (Å²) in [6, 6.07) is 13.1. The molecule has 0 fully saturated rings. The Labute approximate surface area is 117 Å². The van der Waals surface area contributed by atoms with Gasteiger partial charge in [0.15, 0.2) is 0 Å². The van der Waals surface area contributed by atoms with Gasteiger partial charge in [-0.2, -0.15) is 0 Å². The third-order valence-electron chi connectivity index (χ3n) is 3.71. The number of carboxylic acids is 1. The molecule has 0 atom stereocenters. The summed E-state index contributed by atoms with van der Waals surface area (Å²) in [4.78, 5) is 11.1. The highest BCUT2D eigenvalue weighted by molar-refractivity contribution is 5.89. The van der Waals surface area contributed by atoms with Crippen molar-refractivity contribution in [3.63, 3.8) is 0 Å². The molecule has 0 saturated carbocycles. The largest absolute Gasteiger partial charge is 0.489 e. The summed E-state index contributed by atoms with van der Waals surface area (Å²) in [6.45, 7) is 0.279. The van der Waals surface area contributed by atoms with E-state index in [1.54, 1.807) is 18.2 Å². The van der Waals surface area contributed by atoms with E-state index in [0.717, 1.165) is 18.6 Å². The minimum absolute atomic E-state index is 0.279. The van der Waals surface area contributed by atoms with Crippen molar-refractivity contribution in [3.05, 3.63) is 64.7 Å². The molecule has 1 N–H and O–H groups in total. The third kappa shape index (κ3) is 2.52. The quantitative estimate of drug-likeness (QED) is 0.923. The maximum Gasteiger partial charge on any atom is 0.336 e. The Morgan fingerprint density at radius 3 is 2.75 bits per heavy atom. The second kappa shape index (κ2) is 5.37. The van der Waals surface area contributed by atoms with Crippen molar-refractivity contribution in [2.75, 3.05) is 0 Å². The molecule has 0 saturated heterocycles. The lowest BCUT2D eigenvalue weighted by atomic mass is 10.1. The monoisotopic (exact) mass is 268 g/mol. The molecule has 3 nitrogen and oxygen atoms in total. The summed E-state index contributed by atoms with van der Waals surface area (Å²) in [6.07, 6.45) is 3.47. The molecular weight excluding hydrogens is 252 g/mol. The van der Waals surface area contributed by atoms with Crippen LogP contribution in [0.3, 0.4) is 0 Å². The van der Waals surface area contributed by atoms with Gasteiger partial charge in [-0.15, -0.1) is 0 Å². The number of carboxylic acid groups (broad SMARTS) is 1. The van der Waals surface area contributed by atoms with Gasteiger partial charge in [0, 0.05) is 5.56 Å². The molecule has 1 aliphatic rings. The first-order valence-electron chi connectivity index (χ1n) is 6.80. The maximum atomic E-state index is 11.1. The Kier molecular flexibility index (Phi) is 3.42. The highest BCUT2D eigenvalue weighted by Crippen LogP contribution is 2.26. The zero-order valence-corrected chi connectivity index (χ0v) is 11.1. The first kappa shape index (κ1) is 12.7. The fourth-order valence-corrected chi connectivity index (χ4v) is 2.65. The van der Waals surface area contributed by atoms with Crippen LogP contribution in [0.25, 0.3) is 0 Å². The fourth-order valence-electron chi connectivity index (χ4n) is 2.65.